The fourth-order valence-corrected chi connectivity index (χ4v) is 6.19. The van der Waals surface area contributed by atoms with Crippen molar-refractivity contribution in [3.05, 3.63) is 91.9 Å². The average Bonchev–Trinajstić information content (AvgIpc) is 3.12. The number of fused-ring (bicyclic) bond motifs is 2. The molecule has 37 heavy (non-hydrogen) atoms. The van der Waals surface area contributed by atoms with Crippen LogP contribution in [0.2, 0.25) is 10.0 Å². The number of benzene rings is 3. The number of aliphatic hydroxyl groups is 1. The van der Waals surface area contributed by atoms with Crippen LogP contribution < -0.4 is 15.4 Å². The van der Waals surface area contributed by atoms with E-state index in [0.717, 1.165) is 15.6 Å². The van der Waals surface area contributed by atoms with Crippen molar-refractivity contribution in [2.75, 3.05) is 11.9 Å². The third-order valence-electron chi connectivity index (χ3n) is 7.05. The van der Waals surface area contributed by atoms with E-state index in [9.17, 15) is 14.7 Å². The molecule has 192 valence electrons. The second-order valence-corrected chi connectivity index (χ2v) is 11.8. The average molecular weight is 604 g/mol. The Morgan fingerprint density at radius 1 is 1.08 bits per heavy atom. The van der Waals surface area contributed by atoms with E-state index in [1.165, 1.54) is 0 Å². The molecule has 2 amide bonds. The van der Waals surface area contributed by atoms with Crippen LogP contribution in [0.15, 0.2) is 65.1 Å². The topological polar surface area (TPSA) is 87.7 Å². The molecule has 1 fully saturated rings. The minimum Gasteiger partial charge on any atom is -0.485 e. The predicted octanol–water partition coefficient (Wildman–Crippen LogP) is 6.14. The Morgan fingerprint density at radius 3 is 2.57 bits per heavy atom. The van der Waals surface area contributed by atoms with E-state index in [2.05, 4.69) is 26.6 Å². The van der Waals surface area contributed by atoms with Crippen molar-refractivity contribution in [2.45, 2.75) is 43.2 Å². The summed E-state index contributed by atoms with van der Waals surface area (Å²) in [6.07, 6.45) is 0.0820. The monoisotopic (exact) mass is 602 g/mol. The lowest BCUT2D eigenvalue weighted by atomic mass is 9.59. The van der Waals surface area contributed by atoms with Crippen LogP contribution in [0.4, 0.5) is 5.69 Å². The summed E-state index contributed by atoms with van der Waals surface area (Å²) in [6, 6.07) is 17.2. The van der Waals surface area contributed by atoms with Crippen LogP contribution in [-0.2, 0) is 15.0 Å². The van der Waals surface area contributed by atoms with E-state index >= 15 is 0 Å². The highest BCUT2D eigenvalue weighted by atomic mass is 79.9. The third kappa shape index (κ3) is 4.52. The summed E-state index contributed by atoms with van der Waals surface area (Å²) in [7, 11) is 0. The highest BCUT2D eigenvalue weighted by Crippen LogP contribution is 2.58. The van der Waals surface area contributed by atoms with E-state index < -0.39 is 23.0 Å². The van der Waals surface area contributed by atoms with Crippen molar-refractivity contribution >= 4 is 56.6 Å². The van der Waals surface area contributed by atoms with Crippen molar-refractivity contribution in [1.29, 1.82) is 0 Å². The van der Waals surface area contributed by atoms with Gasteiger partial charge in [0.1, 0.15) is 16.8 Å². The number of amides is 2. The zero-order valence-electron chi connectivity index (χ0n) is 20.1. The quantitative estimate of drug-likeness (QED) is 0.327. The summed E-state index contributed by atoms with van der Waals surface area (Å²) in [5.41, 5.74) is 0.570. The molecule has 1 spiro atoms. The molecule has 2 aliphatic heterocycles. The fourth-order valence-electron chi connectivity index (χ4n) is 5.44. The molecule has 2 heterocycles. The Bertz CT molecular complexity index is 1410. The van der Waals surface area contributed by atoms with Crippen LogP contribution in [0.25, 0.3) is 0 Å². The number of hydrogen-bond donors (Lipinski definition) is 3. The number of anilines is 1. The molecule has 0 aliphatic carbocycles. The van der Waals surface area contributed by atoms with Gasteiger partial charge in [0.2, 0.25) is 11.8 Å². The number of aliphatic hydroxyl groups excluding tert-OH is 1. The summed E-state index contributed by atoms with van der Waals surface area (Å²) >= 11 is 16.2. The Kier molecular flexibility index (Phi) is 6.77. The van der Waals surface area contributed by atoms with Crippen molar-refractivity contribution < 1.29 is 19.4 Å². The first kappa shape index (κ1) is 26.0. The lowest BCUT2D eigenvalue weighted by molar-refractivity contribution is -0.131. The highest BCUT2D eigenvalue weighted by molar-refractivity contribution is 9.10. The molecule has 1 saturated heterocycles. The van der Waals surface area contributed by atoms with Gasteiger partial charge in [-0.3, -0.25) is 9.59 Å². The Balaban J connectivity index is 1.80. The molecule has 6 nitrogen and oxygen atoms in total. The molecule has 0 bridgehead atoms. The van der Waals surface area contributed by atoms with Crippen LogP contribution in [0.5, 0.6) is 5.75 Å². The Morgan fingerprint density at radius 2 is 1.84 bits per heavy atom. The first-order valence-corrected chi connectivity index (χ1v) is 13.4. The van der Waals surface area contributed by atoms with Crippen LogP contribution in [-0.4, -0.2) is 29.1 Å². The summed E-state index contributed by atoms with van der Waals surface area (Å²) in [5.74, 6) is -0.547. The highest BCUT2D eigenvalue weighted by Gasteiger charge is 2.61. The molecule has 9 heteroatoms. The molecule has 0 aromatic heterocycles. The molecule has 0 radical (unpaired) electrons. The molecule has 0 saturated carbocycles. The number of piperidine rings is 1. The van der Waals surface area contributed by atoms with Crippen molar-refractivity contribution in [2.24, 2.45) is 0 Å². The van der Waals surface area contributed by atoms with Gasteiger partial charge in [-0.15, -0.1) is 0 Å². The maximum atomic E-state index is 14.2. The Labute approximate surface area is 233 Å². The Hall–Kier alpha value is -2.58. The largest absolute Gasteiger partial charge is 0.485 e. The molecule has 3 aromatic carbocycles. The van der Waals surface area contributed by atoms with Gasteiger partial charge in [0.15, 0.2) is 0 Å². The lowest BCUT2D eigenvalue weighted by Crippen LogP contribution is -2.57. The normalized spacial score (nSPS) is 23.0. The van der Waals surface area contributed by atoms with Gasteiger partial charge in [-0.1, -0.05) is 57.3 Å². The van der Waals surface area contributed by atoms with Gasteiger partial charge in [-0.2, -0.15) is 0 Å². The lowest BCUT2D eigenvalue weighted by Gasteiger charge is -2.47. The summed E-state index contributed by atoms with van der Waals surface area (Å²) in [4.78, 5) is 27.5. The summed E-state index contributed by atoms with van der Waals surface area (Å²) < 4.78 is 6.99. The van der Waals surface area contributed by atoms with Crippen molar-refractivity contribution in [3.8, 4) is 5.75 Å². The number of carbonyl (C=O) groups excluding carboxylic acids is 2. The number of ether oxygens (including phenoxy) is 1. The fraction of sp³-hybridized carbons (Fsp3) is 0.286. The maximum Gasteiger partial charge on any atom is 0.238 e. The van der Waals surface area contributed by atoms with E-state index in [1.807, 2.05) is 30.3 Å². The van der Waals surface area contributed by atoms with Gasteiger partial charge in [-0.25, -0.2) is 0 Å². The third-order valence-corrected chi connectivity index (χ3v) is 8.02. The molecular formula is C28H25BrCl2N2O4. The molecule has 5 rings (SSSR count). The van der Waals surface area contributed by atoms with Crippen molar-refractivity contribution in [3.63, 3.8) is 0 Å². The minimum atomic E-state index is -1.24. The molecule has 3 unspecified atom stereocenters. The first-order valence-electron chi connectivity index (χ1n) is 11.8. The van der Waals surface area contributed by atoms with Gasteiger partial charge in [0.25, 0.3) is 0 Å². The van der Waals surface area contributed by atoms with Crippen LogP contribution in [0, 0.1) is 0 Å². The molecule has 3 aromatic rings. The van der Waals surface area contributed by atoms with Gasteiger partial charge in [-0.05, 0) is 67.4 Å². The SMILES string of the molecule is CC(C)(CO)Oc1ccc(Br)cc1C1NC(=O)CC(c2cccc(Cl)c2)C12C(=O)Nc1cc(Cl)ccc12. The zero-order chi connectivity index (χ0) is 26.5. The van der Waals surface area contributed by atoms with E-state index in [1.54, 1.807) is 44.2 Å². The molecular weight excluding hydrogens is 579 g/mol. The van der Waals surface area contributed by atoms with Crippen LogP contribution in [0.1, 0.15) is 48.9 Å². The molecule has 2 aliphatic rings. The number of nitrogens with one attached hydrogen (secondary N) is 2. The van der Waals surface area contributed by atoms with Crippen LogP contribution in [0.3, 0.4) is 0 Å². The maximum absolute atomic E-state index is 14.2. The van der Waals surface area contributed by atoms with E-state index in [-0.39, 0.29) is 24.8 Å². The van der Waals surface area contributed by atoms with Gasteiger partial charge in [0.05, 0.1) is 12.6 Å². The van der Waals surface area contributed by atoms with Gasteiger partial charge < -0.3 is 20.5 Å². The van der Waals surface area contributed by atoms with Crippen molar-refractivity contribution in [1.82, 2.24) is 5.32 Å². The predicted molar refractivity (Wildman–Crippen MR) is 147 cm³/mol. The molecule has 3 atom stereocenters. The number of rotatable bonds is 5. The number of carbonyl (C=O) groups is 2. The summed E-state index contributed by atoms with van der Waals surface area (Å²) in [6.45, 7) is 3.31. The smallest absolute Gasteiger partial charge is 0.238 e. The van der Waals surface area contributed by atoms with Gasteiger partial charge in [0, 0.05) is 38.1 Å². The number of hydrogen-bond acceptors (Lipinski definition) is 4. The second kappa shape index (κ2) is 9.62. The van der Waals surface area contributed by atoms with E-state index in [0.29, 0.717) is 27.0 Å². The summed E-state index contributed by atoms with van der Waals surface area (Å²) in [5, 5.41) is 17.0. The second-order valence-electron chi connectivity index (χ2n) is 10.0. The standard InChI is InChI=1S/C28H25BrCl2N2O4/c1-27(2,14-34)37-23-9-6-16(29)11-19(23)25-28(20-8-7-18(31)12-22(20)32-26(28)36)21(13-24(35)33-25)15-4-3-5-17(30)10-15/h3-12,21,25,34H,13-14H2,1-2H3,(H,32,36)(H,33,35). The van der Waals surface area contributed by atoms with Gasteiger partial charge >= 0.3 is 0 Å². The molecule has 3 N–H and O–H groups in total. The first-order chi connectivity index (χ1) is 17.5. The van der Waals surface area contributed by atoms with Crippen LogP contribution >= 0.6 is 39.1 Å². The zero-order valence-corrected chi connectivity index (χ0v) is 23.2. The number of halogens is 3. The van der Waals surface area contributed by atoms with E-state index in [4.69, 9.17) is 27.9 Å². The minimum absolute atomic E-state index is 0.0820.